The number of guanidine groups is 2. The minimum absolute atomic E-state index is 0. The number of carboxylic acids is 1. The summed E-state index contributed by atoms with van der Waals surface area (Å²) >= 11 is 0. The Labute approximate surface area is 110 Å². The molecule has 0 fully saturated rings. The van der Waals surface area contributed by atoms with Gasteiger partial charge in [0, 0.05) is 6.42 Å². The lowest BCUT2D eigenvalue weighted by molar-refractivity contribution is -0.142. The summed E-state index contributed by atoms with van der Waals surface area (Å²) in [4.78, 5) is 14.9. The van der Waals surface area contributed by atoms with Gasteiger partial charge in [-0.25, -0.2) is 9.79 Å². The lowest BCUT2D eigenvalue weighted by Gasteiger charge is -2.28. The van der Waals surface area contributed by atoms with Crippen molar-refractivity contribution < 1.29 is 9.90 Å². The van der Waals surface area contributed by atoms with Crippen molar-refractivity contribution in [2.24, 2.45) is 22.2 Å². The number of nitrogens with zero attached hydrogens (tertiary/aromatic N) is 1. The highest BCUT2D eigenvalue weighted by Gasteiger charge is 2.37. The maximum Gasteiger partial charge on any atom is 0.333 e. The highest BCUT2D eigenvalue weighted by Crippen LogP contribution is 2.21. The normalized spacial score (nSPS) is 21.2. The van der Waals surface area contributed by atoms with Crippen LogP contribution in [0.25, 0.3) is 0 Å². The summed E-state index contributed by atoms with van der Waals surface area (Å²) in [7, 11) is 0. The van der Waals surface area contributed by atoms with Crippen molar-refractivity contribution in [2.45, 2.75) is 12.0 Å². The molecule has 9 N–H and O–H groups in total. The van der Waals surface area contributed by atoms with E-state index in [1.165, 1.54) is 12.2 Å². The van der Waals surface area contributed by atoms with E-state index in [0.29, 0.717) is 5.70 Å². The van der Waals surface area contributed by atoms with Crippen LogP contribution < -0.4 is 22.5 Å². The smallest absolute Gasteiger partial charge is 0.333 e. The second-order valence-electron chi connectivity index (χ2n) is 3.52. The number of nitrogens with one attached hydrogen (secondary N) is 2. The Balaban J connectivity index is 0.00000289. The number of halogens is 1. The number of hydrogen-bond donors (Lipinski definition) is 6. The number of aliphatic imine (C=N–C) groups is 1. The first-order chi connectivity index (χ1) is 7.85. The zero-order valence-corrected chi connectivity index (χ0v) is 10.2. The van der Waals surface area contributed by atoms with E-state index in [1.807, 2.05) is 0 Å². The predicted molar refractivity (Wildman–Crippen MR) is 70.3 cm³/mol. The first-order valence-corrected chi connectivity index (χ1v) is 4.70. The third-order valence-corrected chi connectivity index (χ3v) is 2.17. The van der Waals surface area contributed by atoms with Crippen LogP contribution in [-0.2, 0) is 4.79 Å². The van der Waals surface area contributed by atoms with E-state index < -0.39 is 17.5 Å². The van der Waals surface area contributed by atoms with Gasteiger partial charge in [0.05, 0.1) is 5.70 Å². The number of allylic oxidation sites excluding steroid dienone is 1. The minimum Gasteiger partial charge on any atom is -0.479 e. The Bertz CT molecular complexity index is 440. The van der Waals surface area contributed by atoms with Crippen molar-refractivity contribution in [3.63, 3.8) is 0 Å². The molecule has 0 aromatic rings. The molecule has 0 radical (unpaired) electrons. The molecule has 0 aromatic heterocycles. The fourth-order valence-electron chi connectivity index (χ4n) is 1.41. The molecule has 0 spiro atoms. The average molecular weight is 275 g/mol. The van der Waals surface area contributed by atoms with Gasteiger partial charge in [-0.15, -0.1) is 12.4 Å². The van der Waals surface area contributed by atoms with Crippen LogP contribution in [0.3, 0.4) is 0 Å². The molecule has 18 heavy (non-hydrogen) atoms. The SMILES string of the molecule is Cl.N=C(N)NC1(C(=O)O)C=CC(N=C(N)N)=CC1. The molecule has 1 atom stereocenters. The fourth-order valence-corrected chi connectivity index (χ4v) is 1.41. The molecule has 100 valence electrons. The van der Waals surface area contributed by atoms with Crippen molar-refractivity contribution in [2.75, 3.05) is 0 Å². The van der Waals surface area contributed by atoms with Gasteiger partial charge in [-0.3, -0.25) is 5.41 Å². The molecule has 1 aliphatic rings. The molecule has 0 saturated carbocycles. The van der Waals surface area contributed by atoms with Gasteiger partial charge in [-0.1, -0.05) is 6.08 Å². The van der Waals surface area contributed by atoms with Crippen LogP contribution in [0, 0.1) is 5.41 Å². The van der Waals surface area contributed by atoms with Crippen LogP contribution in [0.15, 0.2) is 28.9 Å². The Kier molecular flexibility index (Phi) is 5.19. The van der Waals surface area contributed by atoms with Gasteiger partial charge in [0.2, 0.25) is 0 Å². The summed E-state index contributed by atoms with van der Waals surface area (Å²) in [6, 6.07) is 0. The van der Waals surface area contributed by atoms with E-state index in [4.69, 9.17) is 27.7 Å². The van der Waals surface area contributed by atoms with E-state index in [-0.39, 0.29) is 24.8 Å². The van der Waals surface area contributed by atoms with Crippen LogP contribution in [0.2, 0.25) is 0 Å². The Morgan fingerprint density at radius 2 is 2.11 bits per heavy atom. The molecule has 0 aromatic carbocycles. The van der Waals surface area contributed by atoms with E-state index in [0.717, 1.165) is 0 Å². The third kappa shape index (κ3) is 3.67. The molecule has 8 nitrogen and oxygen atoms in total. The van der Waals surface area contributed by atoms with Gasteiger partial charge in [0.15, 0.2) is 17.5 Å². The molecule has 0 amide bonds. The van der Waals surface area contributed by atoms with Crippen molar-refractivity contribution in [3.8, 4) is 0 Å². The number of aliphatic carboxylic acids is 1. The largest absolute Gasteiger partial charge is 0.479 e. The maximum atomic E-state index is 11.2. The first-order valence-electron chi connectivity index (χ1n) is 4.70. The van der Waals surface area contributed by atoms with E-state index >= 15 is 0 Å². The van der Waals surface area contributed by atoms with Gasteiger partial charge < -0.3 is 27.6 Å². The lowest BCUT2D eigenvalue weighted by Crippen LogP contribution is -2.55. The number of hydrogen-bond acceptors (Lipinski definition) is 3. The summed E-state index contributed by atoms with van der Waals surface area (Å²) < 4.78 is 0. The zero-order chi connectivity index (χ0) is 13.1. The highest BCUT2D eigenvalue weighted by atomic mass is 35.5. The molecule has 1 aliphatic carbocycles. The highest BCUT2D eigenvalue weighted by molar-refractivity contribution is 5.89. The van der Waals surface area contributed by atoms with E-state index in [2.05, 4.69) is 10.3 Å². The minimum atomic E-state index is -1.42. The molecular formula is C9H15ClN6O2. The predicted octanol–water partition coefficient (Wildman–Crippen LogP) is -1.17. The topological polar surface area (TPSA) is 164 Å². The van der Waals surface area contributed by atoms with Gasteiger partial charge in [-0.2, -0.15) is 0 Å². The number of nitrogens with two attached hydrogens (primary N) is 3. The van der Waals surface area contributed by atoms with Gasteiger partial charge in [-0.05, 0) is 12.2 Å². The summed E-state index contributed by atoms with van der Waals surface area (Å²) in [6.07, 6.45) is 4.44. The first kappa shape index (κ1) is 15.8. The Morgan fingerprint density at radius 1 is 1.50 bits per heavy atom. The van der Waals surface area contributed by atoms with Crippen molar-refractivity contribution in [1.29, 1.82) is 5.41 Å². The molecule has 0 aliphatic heterocycles. The fraction of sp³-hybridized carbons (Fsp3) is 0.222. The van der Waals surface area contributed by atoms with E-state index in [9.17, 15) is 4.79 Å². The number of carboxylic acid groups (broad SMARTS) is 1. The van der Waals surface area contributed by atoms with Crippen molar-refractivity contribution in [3.05, 3.63) is 23.9 Å². The average Bonchev–Trinajstić information content (AvgIpc) is 2.19. The monoisotopic (exact) mass is 274 g/mol. The summed E-state index contributed by atoms with van der Waals surface area (Å²) in [5, 5.41) is 18.6. The van der Waals surface area contributed by atoms with Crippen LogP contribution in [0.1, 0.15) is 6.42 Å². The van der Waals surface area contributed by atoms with Crippen LogP contribution in [0.4, 0.5) is 0 Å². The molecule has 0 bridgehead atoms. The Morgan fingerprint density at radius 3 is 2.44 bits per heavy atom. The molecule has 1 unspecified atom stereocenters. The van der Waals surface area contributed by atoms with Crippen molar-refractivity contribution in [1.82, 2.24) is 5.32 Å². The van der Waals surface area contributed by atoms with Gasteiger partial charge in [0.25, 0.3) is 0 Å². The molecule has 1 rings (SSSR count). The lowest BCUT2D eigenvalue weighted by atomic mass is 9.90. The van der Waals surface area contributed by atoms with Crippen LogP contribution in [-0.4, -0.2) is 28.5 Å². The molecule has 0 saturated heterocycles. The molecule has 9 heteroatoms. The van der Waals surface area contributed by atoms with E-state index in [1.54, 1.807) is 6.08 Å². The van der Waals surface area contributed by atoms with Crippen LogP contribution in [0.5, 0.6) is 0 Å². The molecule has 0 heterocycles. The second kappa shape index (κ2) is 5.92. The Hall–Kier alpha value is -2.22. The summed E-state index contributed by atoms with van der Waals surface area (Å²) in [6.45, 7) is 0. The second-order valence-corrected chi connectivity index (χ2v) is 3.52. The third-order valence-electron chi connectivity index (χ3n) is 2.17. The van der Waals surface area contributed by atoms with Crippen LogP contribution >= 0.6 is 12.4 Å². The van der Waals surface area contributed by atoms with Gasteiger partial charge >= 0.3 is 5.97 Å². The number of carbonyl (C=O) groups is 1. The summed E-state index contributed by atoms with van der Waals surface area (Å²) in [5.41, 5.74) is 14.6. The van der Waals surface area contributed by atoms with Crippen molar-refractivity contribution >= 4 is 30.3 Å². The number of rotatable bonds is 3. The standard InChI is InChI=1S/C9H14N6O2.ClH/c10-7(11)14-5-1-3-9(4-2-5,6(16)17)15-8(12)13;/h1-3H,4H2,(H,16,17)(H4,10,11,14)(H4,12,13,15);1H. The quantitative estimate of drug-likeness (QED) is 0.280. The van der Waals surface area contributed by atoms with Gasteiger partial charge in [0.1, 0.15) is 0 Å². The molecular weight excluding hydrogens is 260 g/mol. The maximum absolute atomic E-state index is 11.2. The zero-order valence-electron chi connectivity index (χ0n) is 9.38. The summed E-state index contributed by atoms with van der Waals surface area (Å²) in [5.74, 6) is -1.66.